The number of carbonyl (C=O) groups excluding carboxylic acids is 4. The zero-order chi connectivity index (χ0) is 31.5. The number of aliphatic hydroxyl groups is 1. The molecule has 222 valence electrons. The minimum Gasteiger partial charge on any atom is -0.504 e. The molecule has 2 aliphatic rings. The highest BCUT2D eigenvalue weighted by Crippen LogP contribution is 2.50. The third-order valence-corrected chi connectivity index (χ3v) is 8.02. The molecule has 0 unspecified atom stereocenters. The molecule has 0 spiro atoms. The first-order valence-electron chi connectivity index (χ1n) is 13.6. The number of phenols is 4. The number of carbonyl (C=O) groups is 4. The van der Waals surface area contributed by atoms with Gasteiger partial charge in [0.15, 0.2) is 46.1 Å². The van der Waals surface area contributed by atoms with Crippen LogP contribution in [-0.4, -0.2) is 62.4 Å². The van der Waals surface area contributed by atoms with Gasteiger partial charge in [-0.15, -0.1) is 0 Å². The first kappa shape index (κ1) is 30.7. The fourth-order valence-electron chi connectivity index (χ4n) is 6.12. The van der Waals surface area contributed by atoms with E-state index in [0.717, 1.165) is 0 Å². The molecule has 0 atom stereocenters. The molecule has 0 saturated heterocycles. The molecule has 0 aliphatic heterocycles. The molecule has 10 nitrogen and oxygen atoms in total. The third-order valence-electron chi connectivity index (χ3n) is 8.02. The predicted molar refractivity (Wildman–Crippen MR) is 152 cm³/mol. The number of phenolic OH excluding ortho intramolecular Hbond substituents is 4. The predicted octanol–water partition coefficient (Wildman–Crippen LogP) is 4.53. The van der Waals surface area contributed by atoms with E-state index < -0.39 is 64.6 Å². The van der Waals surface area contributed by atoms with E-state index in [2.05, 4.69) is 0 Å². The summed E-state index contributed by atoms with van der Waals surface area (Å²) < 4.78 is 5.17. The number of fused-ring (bicyclic) bond motifs is 2. The normalized spacial score (nSPS) is 15.4. The van der Waals surface area contributed by atoms with Crippen LogP contribution in [0, 0.1) is 0 Å². The largest absolute Gasteiger partial charge is 0.504 e. The summed E-state index contributed by atoms with van der Waals surface area (Å²) in [5.41, 5.74) is -1.91. The Morgan fingerprint density at radius 1 is 0.595 bits per heavy atom. The zero-order valence-electron chi connectivity index (χ0n) is 24.6. The maximum atomic E-state index is 14.3. The highest BCUT2D eigenvalue weighted by Gasteiger charge is 2.45. The summed E-state index contributed by atoms with van der Waals surface area (Å²) in [7, 11) is 1.31. The van der Waals surface area contributed by atoms with Gasteiger partial charge in [0.05, 0.1) is 6.61 Å². The van der Waals surface area contributed by atoms with Crippen molar-refractivity contribution < 1.29 is 49.4 Å². The Kier molecular flexibility index (Phi) is 7.92. The Labute approximate surface area is 242 Å². The van der Waals surface area contributed by atoms with E-state index in [1.165, 1.54) is 21.0 Å². The second-order valence-corrected chi connectivity index (χ2v) is 11.2. The van der Waals surface area contributed by atoms with Crippen molar-refractivity contribution in [1.82, 2.24) is 0 Å². The van der Waals surface area contributed by atoms with Crippen LogP contribution in [-0.2, 0) is 17.8 Å². The van der Waals surface area contributed by atoms with Crippen LogP contribution in [0.2, 0.25) is 0 Å². The number of rotatable bonds is 7. The van der Waals surface area contributed by atoms with Crippen LogP contribution in [0.3, 0.4) is 0 Å². The van der Waals surface area contributed by atoms with Crippen LogP contribution in [0.5, 0.6) is 23.0 Å². The molecule has 0 fully saturated rings. The van der Waals surface area contributed by atoms with Gasteiger partial charge in [-0.1, -0.05) is 27.7 Å². The Bertz CT molecular complexity index is 1540. The van der Waals surface area contributed by atoms with Crippen LogP contribution < -0.4 is 0 Å². The Hall–Kier alpha value is -4.28. The van der Waals surface area contributed by atoms with Crippen molar-refractivity contribution in [2.75, 3.05) is 13.7 Å². The Morgan fingerprint density at radius 3 is 1.33 bits per heavy atom. The monoisotopic (exact) mass is 578 g/mol. The van der Waals surface area contributed by atoms with Crippen LogP contribution in [0.25, 0.3) is 0 Å². The summed E-state index contributed by atoms with van der Waals surface area (Å²) in [5.74, 6) is -6.39. The van der Waals surface area contributed by atoms with Crippen molar-refractivity contribution in [2.45, 2.75) is 66.4 Å². The molecule has 5 N–H and O–H groups in total. The summed E-state index contributed by atoms with van der Waals surface area (Å²) in [6.07, 6.45) is -0.276. The zero-order valence-corrected chi connectivity index (χ0v) is 24.6. The molecule has 10 heteroatoms. The summed E-state index contributed by atoms with van der Waals surface area (Å²) in [6.45, 7) is 8.53. The molecule has 2 aromatic carbocycles. The van der Waals surface area contributed by atoms with Crippen molar-refractivity contribution in [3.8, 4) is 23.0 Å². The first-order valence-corrected chi connectivity index (χ1v) is 13.6. The van der Waals surface area contributed by atoms with Gasteiger partial charge in [-0.3, -0.25) is 19.2 Å². The topological polar surface area (TPSA) is 179 Å². The lowest BCUT2D eigenvalue weighted by molar-refractivity contribution is 0.0948. The van der Waals surface area contributed by atoms with Gasteiger partial charge in [0.25, 0.3) is 0 Å². The van der Waals surface area contributed by atoms with Crippen LogP contribution in [0.4, 0.5) is 0 Å². The van der Waals surface area contributed by atoms with Gasteiger partial charge < -0.3 is 30.3 Å². The number of Topliss-reactive ketones (excluding diaryl/α,β-unsaturated/α-hetero) is 4. The van der Waals surface area contributed by atoms with E-state index in [9.17, 15) is 44.7 Å². The number of allylic oxidation sites excluding steroid dienone is 4. The Morgan fingerprint density at radius 2 is 0.976 bits per heavy atom. The van der Waals surface area contributed by atoms with Gasteiger partial charge in [0, 0.05) is 86.9 Å². The molecule has 0 bridgehead atoms. The molecule has 4 rings (SSSR count). The van der Waals surface area contributed by atoms with Crippen molar-refractivity contribution in [3.05, 3.63) is 66.8 Å². The number of aliphatic hydroxyl groups excluding tert-OH is 1. The van der Waals surface area contributed by atoms with E-state index in [-0.39, 0.29) is 79.8 Å². The van der Waals surface area contributed by atoms with Crippen molar-refractivity contribution in [1.29, 1.82) is 0 Å². The molecule has 2 aromatic rings. The van der Waals surface area contributed by atoms with E-state index in [4.69, 9.17) is 4.74 Å². The quantitative estimate of drug-likeness (QED) is 0.293. The van der Waals surface area contributed by atoms with Gasteiger partial charge in [-0.2, -0.15) is 0 Å². The molecule has 0 heterocycles. The van der Waals surface area contributed by atoms with E-state index in [1.807, 2.05) is 0 Å². The summed E-state index contributed by atoms with van der Waals surface area (Å²) in [6, 6.07) is 0. The smallest absolute Gasteiger partial charge is 0.195 e. The third kappa shape index (κ3) is 4.16. The molecule has 0 aromatic heterocycles. The van der Waals surface area contributed by atoms with E-state index in [0.29, 0.717) is 0 Å². The van der Waals surface area contributed by atoms with E-state index in [1.54, 1.807) is 27.7 Å². The molecule has 0 saturated carbocycles. The average Bonchev–Trinajstić information content (AvgIpc) is 2.92. The lowest BCUT2D eigenvalue weighted by Gasteiger charge is -2.31. The second kappa shape index (κ2) is 10.8. The number of benzene rings is 2. The number of hydrogen-bond donors (Lipinski definition) is 5. The van der Waals surface area contributed by atoms with Crippen LogP contribution in [0.15, 0.2) is 22.3 Å². The van der Waals surface area contributed by atoms with Crippen LogP contribution in [0.1, 0.15) is 117 Å². The fourth-order valence-corrected chi connectivity index (χ4v) is 6.12. The van der Waals surface area contributed by atoms with E-state index >= 15 is 0 Å². The van der Waals surface area contributed by atoms with Crippen molar-refractivity contribution >= 4 is 23.1 Å². The number of ketones is 4. The number of hydrogen-bond acceptors (Lipinski definition) is 10. The molecule has 0 radical (unpaired) electrons. The lowest BCUT2D eigenvalue weighted by atomic mass is 9.70. The number of ether oxygens (including phenoxy) is 1. The first-order chi connectivity index (χ1) is 19.6. The van der Waals surface area contributed by atoms with Gasteiger partial charge in [-0.05, 0) is 25.7 Å². The highest BCUT2D eigenvalue weighted by atomic mass is 16.5. The maximum absolute atomic E-state index is 14.3. The average molecular weight is 579 g/mol. The summed E-state index contributed by atoms with van der Waals surface area (Å²) in [5, 5.41) is 53.0. The van der Waals surface area contributed by atoms with Crippen molar-refractivity contribution in [3.63, 3.8) is 0 Å². The van der Waals surface area contributed by atoms with Gasteiger partial charge in [-0.25, -0.2) is 0 Å². The molecule has 42 heavy (non-hydrogen) atoms. The maximum Gasteiger partial charge on any atom is 0.195 e. The Balaban J connectivity index is 2.11. The van der Waals surface area contributed by atoms with Gasteiger partial charge in [0.2, 0.25) is 0 Å². The molecule has 0 amide bonds. The SMILES string of the molecule is COCc1c(O)c(O)c(C(C)C)c2c1C(=O)C(C1=C(C)C(=O)c3c(c(CCO)c(O)c(O)c3C(C)C)C1=O)=C(C)C2=O. The van der Waals surface area contributed by atoms with Crippen molar-refractivity contribution in [2.24, 2.45) is 0 Å². The lowest BCUT2D eigenvalue weighted by Crippen LogP contribution is -2.32. The second-order valence-electron chi connectivity index (χ2n) is 11.2. The fraction of sp³-hybridized carbons (Fsp3) is 0.375. The minimum atomic E-state index is -0.831. The molecule has 2 aliphatic carbocycles. The highest BCUT2D eigenvalue weighted by molar-refractivity contribution is 6.38. The summed E-state index contributed by atoms with van der Waals surface area (Å²) in [4.78, 5) is 56.5. The van der Waals surface area contributed by atoms with Gasteiger partial charge in [0.1, 0.15) is 0 Å². The minimum absolute atomic E-state index is 0.0485. The summed E-state index contributed by atoms with van der Waals surface area (Å²) >= 11 is 0. The van der Waals surface area contributed by atoms with Gasteiger partial charge >= 0.3 is 0 Å². The number of methoxy groups -OCH3 is 1. The molecular formula is C32H34O10. The number of aromatic hydroxyl groups is 4. The van der Waals surface area contributed by atoms with Crippen LogP contribution >= 0.6 is 0 Å². The molecular weight excluding hydrogens is 544 g/mol. The standard InChI is InChI=1S/C32H34O10/c1-11(2)17-23-21(15(8-9-33)27(36)31(17)40)29(38)19(13(5)25(23)34)20-14(6)26(35)24-18(12(3)4)32(41)28(37)16(10-42-7)22(24)30(20)39/h11-12,33,36-37,40-41H,8-10H2,1-7H3.